The summed E-state index contributed by atoms with van der Waals surface area (Å²) in [6, 6.07) is 7.96. The molecule has 39 heavy (non-hydrogen) atoms. The molecule has 0 bridgehead atoms. The number of likely N-dealkylation sites (N-methyl/N-ethyl adjacent to an activating group) is 1. The van der Waals surface area contributed by atoms with Gasteiger partial charge in [-0.2, -0.15) is 0 Å². The lowest BCUT2D eigenvalue weighted by Crippen LogP contribution is -2.48. The van der Waals surface area contributed by atoms with Gasteiger partial charge in [0.25, 0.3) is 5.91 Å². The molecule has 5 amide bonds. The molecule has 1 unspecified atom stereocenters. The number of carbonyl (C=O) groups excluding carboxylic acids is 4. The Morgan fingerprint density at radius 1 is 1.03 bits per heavy atom. The number of fused-ring (bicyclic) bond motifs is 1. The van der Waals surface area contributed by atoms with Crippen molar-refractivity contribution < 1.29 is 28.0 Å². The van der Waals surface area contributed by atoms with E-state index in [0.29, 0.717) is 31.4 Å². The van der Waals surface area contributed by atoms with Crippen LogP contribution in [0.4, 0.5) is 19.3 Å². The van der Waals surface area contributed by atoms with Crippen LogP contribution in [0.2, 0.25) is 0 Å². The minimum atomic E-state index is -0.973. The SMILES string of the molecule is CN1CCC(C(=O)N(CC(=O)Nc2ccc3c(c2)CC2(C3)C(=O)NC(=O)N2C)Cc2cc(F)cc(F)c2)CC1. The molecule has 2 N–H and O–H groups in total. The predicted molar refractivity (Wildman–Crippen MR) is 139 cm³/mol. The summed E-state index contributed by atoms with van der Waals surface area (Å²) in [7, 11) is 3.57. The molecule has 9 nitrogen and oxygen atoms in total. The van der Waals surface area contributed by atoms with Crippen molar-refractivity contribution >= 4 is 29.4 Å². The van der Waals surface area contributed by atoms with E-state index in [9.17, 15) is 28.0 Å². The number of rotatable bonds is 6. The molecule has 5 rings (SSSR count). The predicted octanol–water partition coefficient (Wildman–Crippen LogP) is 2.29. The zero-order chi connectivity index (χ0) is 27.9. The number of imide groups is 1. The van der Waals surface area contributed by atoms with Crippen LogP contribution in [-0.4, -0.2) is 77.7 Å². The molecule has 3 aliphatic rings. The largest absolute Gasteiger partial charge is 0.329 e. The number of anilines is 1. The summed E-state index contributed by atoms with van der Waals surface area (Å²) in [4.78, 5) is 56.0. The Hall–Kier alpha value is -3.86. The van der Waals surface area contributed by atoms with E-state index in [-0.39, 0.29) is 36.4 Å². The maximum atomic E-state index is 13.8. The standard InChI is InChI=1S/C28H31F2N5O4/c1-33-7-5-18(6-8-33)25(37)35(15-17-9-21(29)12-22(30)10-17)16-24(36)31-23-4-3-19-13-28(14-20(19)11-23)26(38)32-27(39)34(28)2/h3-4,9-12,18H,5-8,13-16H2,1-2H3,(H,31,36)(H,32,38,39). The van der Waals surface area contributed by atoms with Gasteiger partial charge in [0.2, 0.25) is 11.8 Å². The average molecular weight is 540 g/mol. The number of urea groups is 1. The quantitative estimate of drug-likeness (QED) is 0.549. The lowest BCUT2D eigenvalue weighted by molar-refractivity contribution is -0.140. The van der Waals surface area contributed by atoms with Gasteiger partial charge in [0.05, 0.1) is 0 Å². The van der Waals surface area contributed by atoms with Gasteiger partial charge in [-0.15, -0.1) is 0 Å². The number of hydrogen-bond donors (Lipinski definition) is 2. The van der Waals surface area contributed by atoms with Gasteiger partial charge in [0.15, 0.2) is 0 Å². The molecule has 2 aliphatic heterocycles. The molecule has 206 valence electrons. The third-order valence-corrected chi connectivity index (χ3v) is 8.06. The highest BCUT2D eigenvalue weighted by molar-refractivity contribution is 6.07. The number of hydrogen-bond acceptors (Lipinski definition) is 5. The Bertz CT molecular complexity index is 1320. The Morgan fingerprint density at radius 3 is 2.33 bits per heavy atom. The zero-order valence-electron chi connectivity index (χ0n) is 21.9. The Labute approximate surface area is 225 Å². The van der Waals surface area contributed by atoms with Crippen LogP contribution in [0.1, 0.15) is 29.5 Å². The second-order valence-electron chi connectivity index (χ2n) is 10.8. The van der Waals surface area contributed by atoms with E-state index in [4.69, 9.17) is 0 Å². The fourth-order valence-corrected chi connectivity index (χ4v) is 5.80. The summed E-state index contributed by atoms with van der Waals surface area (Å²) in [5.41, 5.74) is 1.54. The minimum absolute atomic E-state index is 0.102. The van der Waals surface area contributed by atoms with Crippen molar-refractivity contribution in [3.05, 3.63) is 64.7 Å². The van der Waals surface area contributed by atoms with Crippen molar-refractivity contribution in [3.63, 3.8) is 0 Å². The highest BCUT2D eigenvalue weighted by atomic mass is 19.1. The smallest absolute Gasteiger partial charge is 0.324 e. The van der Waals surface area contributed by atoms with Gasteiger partial charge >= 0.3 is 6.03 Å². The first-order valence-corrected chi connectivity index (χ1v) is 13.0. The first-order valence-electron chi connectivity index (χ1n) is 13.0. The van der Waals surface area contributed by atoms with Crippen LogP contribution in [-0.2, 0) is 33.8 Å². The number of halogens is 2. The summed E-state index contributed by atoms with van der Waals surface area (Å²) in [6.45, 7) is 1.11. The van der Waals surface area contributed by atoms with Crippen molar-refractivity contribution in [2.75, 3.05) is 39.0 Å². The van der Waals surface area contributed by atoms with Crippen LogP contribution in [0.3, 0.4) is 0 Å². The van der Waals surface area contributed by atoms with Crippen molar-refractivity contribution in [1.82, 2.24) is 20.0 Å². The van der Waals surface area contributed by atoms with Gasteiger partial charge in [0.1, 0.15) is 23.7 Å². The van der Waals surface area contributed by atoms with Gasteiger partial charge in [0, 0.05) is 44.1 Å². The topological polar surface area (TPSA) is 102 Å². The first-order chi connectivity index (χ1) is 18.5. The number of nitrogens with zero attached hydrogens (tertiary/aromatic N) is 3. The maximum absolute atomic E-state index is 13.8. The molecule has 2 heterocycles. The molecule has 1 atom stereocenters. The Morgan fingerprint density at radius 2 is 1.69 bits per heavy atom. The normalized spacial score (nSPS) is 21.3. The van der Waals surface area contributed by atoms with E-state index in [1.54, 1.807) is 19.2 Å². The fraction of sp³-hybridized carbons (Fsp3) is 0.429. The van der Waals surface area contributed by atoms with Crippen LogP contribution < -0.4 is 10.6 Å². The van der Waals surface area contributed by atoms with Crippen LogP contribution in [0, 0.1) is 17.6 Å². The second kappa shape index (κ2) is 10.4. The summed E-state index contributed by atoms with van der Waals surface area (Å²) in [5, 5.41) is 5.18. The van der Waals surface area contributed by atoms with Gasteiger partial charge in [-0.25, -0.2) is 13.6 Å². The monoisotopic (exact) mass is 539 g/mol. The molecule has 0 radical (unpaired) electrons. The second-order valence-corrected chi connectivity index (χ2v) is 10.8. The minimum Gasteiger partial charge on any atom is -0.329 e. The van der Waals surface area contributed by atoms with Crippen molar-refractivity contribution in [1.29, 1.82) is 0 Å². The number of amides is 5. The summed E-state index contributed by atoms with van der Waals surface area (Å²) < 4.78 is 27.7. The number of nitrogens with one attached hydrogen (secondary N) is 2. The van der Waals surface area contributed by atoms with Gasteiger partial charge in [-0.1, -0.05) is 6.07 Å². The molecule has 0 aromatic heterocycles. The first kappa shape index (κ1) is 26.7. The van der Waals surface area contributed by atoms with Crippen LogP contribution in [0.15, 0.2) is 36.4 Å². The van der Waals surface area contributed by atoms with E-state index in [2.05, 4.69) is 15.5 Å². The average Bonchev–Trinajstić information content (AvgIpc) is 3.35. The Kier molecular flexibility index (Phi) is 7.11. The molecule has 2 aromatic rings. The molecule has 1 aliphatic carbocycles. The van der Waals surface area contributed by atoms with Crippen molar-refractivity contribution in [2.45, 2.75) is 37.8 Å². The van der Waals surface area contributed by atoms with E-state index < -0.39 is 29.1 Å². The number of benzene rings is 2. The highest BCUT2D eigenvalue weighted by Gasteiger charge is 2.54. The maximum Gasteiger partial charge on any atom is 0.324 e. The summed E-state index contributed by atoms with van der Waals surface area (Å²) in [5.74, 6) is -2.79. The third-order valence-electron chi connectivity index (χ3n) is 8.06. The zero-order valence-corrected chi connectivity index (χ0v) is 21.9. The highest BCUT2D eigenvalue weighted by Crippen LogP contribution is 2.38. The number of piperidine rings is 1. The Balaban J connectivity index is 1.30. The molecule has 2 fully saturated rings. The van der Waals surface area contributed by atoms with E-state index >= 15 is 0 Å². The van der Waals surface area contributed by atoms with Crippen LogP contribution >= 0.6 is 0 Å². The lowest BCUT2D eigenvalue weighted by Gasteiger charge is -2.32. The third kappa shape index (κ3) is 5.36. The molecule has 2 saturated heterocycles. The van der Waals surface area contributed by atoms with E-state index in [1.165, 1.54) is 9.80 Å². The number of likely N-dealkylation sites (tertiary alicyclic amines) is 1. The van der Waals surface area contributed by atoms with Gasteiger partial charge < -0.3 is 20.0 Å². The number of carbonyl (C=O) groups is 4. The molecule has 11 heteroatoms. The van der Waals surface area contributed by atoms with E-state index in [1.807, 2.05) is 13.1 Å². The van der Waals surface area contributed by atoms with Crippen LogP contribution in [0.25, 0.3) is 0 Å². The molecule has 1 spiro atoms. The van der Waals surface area contributed by atoms with Crippen LogP contribution in [0.5, 0.6) is 0 Å². The molecular weight excluding hydrogens is 508 g/mol. The summed E-state index contributed by atoms with van der Waals surface area (Å²) >= 11 is 0. The van der Waals surface area contributed by atoms with E-state index in [0.717, 1.165) is 42.4 Å². The van der Waals surface area contributed by atoms with Crippen molar-refractivity contribution in [2.24, 2.45) is 5.92 Å². The molecule has 0 saturated carbocycles. The molecule has 2 aromatic carbocycles. The fourth-order valence-electron chi connectivity index (χ4n) is 5.80. The van der Waals surface area contributed by atoms with Gasteiger partial charge in [-0.3, -0.25) is 19.7 Å². The van der Waals surface area contributed by atoms with Crippen molar-refractivity contribution in [3.8, 4) is 0 Å². The summed E-state index contributed by atoms with van der Waals surface area (Å²) in [6.07, 6.45) is 1.99. The van der Waals surface area contributed by atoms with Gasteiger partial charge in [-0.05, 0) is 73.9 Å². The lowest BCUT2D eigenvalue weighted by atomic mass is 9.95. The molecular formula is C28H31F2N5O4.